The number of nitrogens with zero attached hydrogens (tertiary/aromatic N) is 5. The first-order valence-electron chi connectivity index (χ1n) is 6.20. The number of rotatable bonds is 5. The maximum atomic E-state index is 12.1. The lowest BCUT2D eigenvalue weighted by molar-refractivity contribution is 0.509. The summed E-state index contributed by atoms with van der Waals surface area (Å²) in [5.74, 6) is 1.36. The molecule has 7 heteroatoms. The lowest BCUT2D eigenvalue weighted by Crippen LogP contribution is -2.26. The number of aromatic nitrogens is 5. The van der Waals surface area contributed by atoms with E-state index in [4.69, 9.17) is 0 Å². The van der Waals surface area contributed by atoms with Crippen LogP contribution in [0.15, 0.2) is 23.5 Å². The minimum absolute atomic E-state index is 0.118. The minimum atomic E-state index is -0.118. The molecule has 19 heavy (non-hydrogen) atoms. The summed E-state index contributed by atoms with van der Waals surface area (Å²) in [5.41, 5.74) is -0.118. The molecule has 1 N–H and O–H groups in total. The number of hydrogen-bond acceptors (Lipinski definition) is 5. The van der Waals surface area contributed by atoms with Gasteiger partial charge < -0.3 is 9.88 Å². The molecule has 2 rings (SSSR count). The molecule has 0 bridgehead atoms. The fourth-order valence-electron chi connectivity index (χ4n) is 1.73. The maximum absolute atomic E-state index is 12.1. The maximum Gasteiger partial charge on any atom is 0.293 e. The summed E-state index contributed by atoms with van der Waals surface area (Å²) in [6.45, 7) is 5.20. The molecular weight excluding hydrogens is 244 g/mol. The molecule has 0 amide bonds. The van der Waals surface area contributed by atoms with Crippen molar-refractivity contribution in [1.29, 1.82) is 0 Å². The van der Waals surface area contributed by atoms with Crippen LogP contribution in [0.5, 0.6) is 0 Å². The fourth-order valence-corrected chi connectivity index (χ4v) is 1.73. The predicted octanol–water partition coefficient (Wildman–Crippen LogP) is 0.640. The standard InChI is InChI=1S/C12H18N6O/c1-9(2)7-18-5-4-13-11(12(18)19)14-6-10-15-8-17(3)16-10/h4-5,8-9H,6-7H2,1-3H3,(H,13,14). The van der Waals surface area contributed by atoms with Crippen molar-refractivity contribution in [2.75, 3.05) is 5.32 Å². The van der Waals surface area contributed by atoms with E-state index in [0.29, 0.717) is 30.6 Å². The zero-order valence-electron chi connectivity index (χ0n) is 11.4. The van der Waals surface area contributed by atoms with Gasteiger partial charge in [0.1, 0.15) is 6.33 Å². The van der Waals surface area contributed by atoms with E-state index in [1.165, 1.54) is 0 Å². The van der Waals surface area contributed by atoms with E-state index in [0.717, 1.165) is 0 Å². The van der Waals surface area contributed by atoms with Crippen LogP contribution in [0.2, 0.25) is 0 Å². The molecule has 0 saturated carbocycles. The van der Waals surface area contributed by atoms with Gasteiger partial charge in [-0.15, -0.1) is 0 Å². The van der Waals surface area contributed by atoms with Crippen LogP contribution in [0.4, 0.5) is 5.82 Å². The summed E-state index contributed by atoms with van der Waals surface area (Å²) in [6.07, 6.45) is 4.94. The molecule has 0 spiro atoms. The third kappa shape index (κ3) is 3.40. The van der Waals surface area contributed by atoms with E-state index in [9.17, 15) is 4.79 Å². The van der Waals surface area contributed by atoms with Gasteiger partial charge in [-0.2, -0.15) is 5.10 Å². The van der Waals surface area contributed by atoms with Crippen molar-refractivity contribution in [3.63, 3.8) is 0 Å². The second-order valence-corrected chi connectivity index (χ2v) is 4.82. The molecular formula is C12H18N6O. The third-order valence-corrected chi connectivity index (χ3v) is 2.54. The Bertz CT molecular complexity index is 600. The van der Waals surface area contributed by atoms with E-state index in [2.05, 4.69) is 34.2 Å². The molecule has 2 heterocycles. The monoisotopic (exact) mass is 262 g/mol. The van der Waals surface area contributed by atoms with Gasteiger partial charge in [-0.1, -0.05) is 13.8 Å². The third-order valence-electron chi connectivity index (χ3n) is 2.54. The summed E-state index contributed by atoms with van der Waals surface area (Å²) < 4.78 is 3.28. The Hall–Kier alpha value is -2.18. The van der Waals surface area contributed by atoms with Gasteiger partial charge in [-0.3, -0.25) is 9.48 Å². The van der Waals surface area contributed by atoms with E-state index in [1.807, 2.05) is 0 Å². The second kappa shape index (κ2) is 5.64. The zero-order valence-corrected chi connectivity index (χ0v) is 11.4. The van der Waals surface area contributed by atoms with Crippen LogP contribution < -0.4 is 10.9 Å². The molecule has 2 aromatic rings. The Labute approximate surface area is 111 Å². The lowest BCUT2D eigenvalue weighted by Gasteiger charge is -2.10. The molecule has 0 unspecified atom stereocenters. The SMILES string of the molecule is CC(C)Cn1ccnc(NCc2ncn(C)n2)c1=O. The van der Waals surface area contributed by atoms with Crippen LogP contribution >= 0.6 is 0 Å². The van der Waals surface area contributed by atoms with Crippen LogP contribution in [-0.2, 0) is 20.1 Å². The first-order chi connectivity index (χ1) is 9.06. The average Bonchev–Trinajstić information content (AvgIpc) is 2.76. The molecule has 0 saturated heterocycles. The van der Waals surface area contributed by atoms with Crippen LogP contribution in [0.3, 0.4) is 0 Å². The second-order valence-electron chi connectivity index (χ2n) is 4.82. The first-order valence-corrected chi connectivity index (χ1v) is 6.20. The highest BCUT2D eigenvalue weighted by molar-refractivity contribution is 5.30. The molecule has 0 aliphatic carbocycles. The minimum Gasteiger partial charge on any atom is -0.358 e. The van der Waals surface area contributed by atoms with Crippen molar-refractivity contribution in [1.82, 2.24) is 24.3 Å². The van der Waals surface area contributed by atoms with Gasteiger partial charge >= 0.3 is 0 Å². The molecule has 0 fully saturated rings. The van der Waals surface area contributed by atoms with Gasteiger partial charge in [0, 0.05) is 26.0 Å². The lowest BCUT2D eigenvalue weighted by atomic mass is 10.2. The Balaban J connectivity index is 2.10. The summed E-state index contributed by atoms with van der Waals surface area (Å²) in [6, 6.07) is 0. The number of aryl methyl sites for hydroxylation is 1. The summed E-state index contributed by atoms with van der Waals surface area (Å²) in [7, 11) is 1.80. The van der Waals surface area contributed by atoms with Gasteiger partial charge in [0.15, 0.2) is 11.6 Å². The van der Waals surface area contributed by atoms with Crippen molar-refractivity contribution < 1.29 is 0 Å². The van der Waals surface area contributed by atoms with E-state index in [-0.39, 0.29) is 5.56 Å². The smallest absolute Gasteiger partial charge is 0.293 e. The largest absolute Gasteiger partial charge is 0.358 e. The highest BCUT2D eigenvalue weighted by atomic mass is 16.1. The Morgan fingerprint density at radius 2 is 2.16 bits per heavy atom. The Kier molecular flexibility index (Phi) is 3.94. The molecule has 2 aromatic heterocycles. The Morgan fingerprint density at radius 3 is 2.79 bits per heavy atom. The number of anilines is 1. The molecule has 0 aliphatic heterocycles. The van der Waals surface area contributed by atoms with Crippen molar-refractivity contribution >= 4 is 5.82 Å². The van der Waals surface area contributed by atoms with Gasteiger partial charge in [0.2, 0.25) is 0 Å². The van der Waals surface area contributed by atoms with Gasteiger partial charge in [0.25, 0.3) is 5.56 Å². The number of hydrogen-bond donors (Lipinski definition) is 1. The normalized spacial score (nSPS) is 10.9. The van der Waals surface area contributed by atoms with E-state index >= 15 is 0 Å². The van der Waals surface area contributed by atoms with Gasteiger partial charge in [0.05, 0.1) is 6.54 Å². The van der Waals surface area contributed by atoms with Crippen LogP contribution in [-0.4, -0.2) is 24.3 Å². The summed E-state index contributed by atoms with van der Waals surface area (Å²) >= 11 is 0. The molecule has 0 radical (unpaired) electrons. The molecule has 102 valence electrons. The topological polar surface area (TPSA) is 77.6 Å². The summed E-state index contributed by atoms with van der Waals surface area (Å²) in [4.78, 5) is 20.3. The molecule has 0 aromatic carbocycles. The highest BCUT2D eigenvalue weighted by Gasteiger charge is 2.07. The van der Waals surface area contributed by atoms with Crippen molar-refractivity contribution in [3.8, 4) is 0 Å². The molecule has 7 nitrogen and oxygen atoms in total. The Morgan fingerprint density at radius 1 is 1.37 bits per heavy atom. The fraction of sp³-hybridized carbons (Fsp3) is 0.500. The highest BCUT2D eigenvalue weighted by Crippen LogP contribution is 2.00. The molecule has 0 atom stereocenters. The predicted molar refractivity (Wildman–Crippen MR) is 71.7 cm³/mol. The summed E-state index contributed by atoms with van der Waals surface area (Å²) in [5, 5.41) is 7.11. The van der Waals surface area contributed by atoms with Crippen LogP contribution in [0, 0.1) is 5.92 Å². The van der Waals surface area contributed by atoms with E-state index < -0.39 is 0 Å². The van der Waals surface area contributed by atoms with Gasteiger partial charge in [-0.05, 0) is 5.92 Å². The van der Waals surface area contributed by atoms with E-state index in [1.54, 1.807) is 35.0 Å². The van der Waals surface area contributed by atoms with Crippen molar-refractivity contribution in [2.45, 2.75) is 26.9 Å². The number of nitrogens with one attached hydrogen (secondary N) is 1. The molecule has 0 aliphatic rings. The van der Waals surface area contributed by atoms with Gasteiger partial charge in [-0.25, -0.2) is 9.97 Å². The quantitative estimate of drug-likeness (QED) is 0.855. The zero-order chi connectivity index (χ0) is 13.8. The average molecular weight is 262 g/mol. The first kappa shape index (κ1) is 13.3. The van der Waals surface area contributed by atoms with Crippen LogP contribution in [0.1, 0.15) is 19.7 Å². The van der Waals surface area contributed by atoms with Crippen LogP contribution in [0.25, 0.3) is 0 Å². The van der Waals surface area contributed by atoms with Crippen molar-refractivity contribution in [2.24, 2.45) is 13.0 Å². The van der Waals surface area contributed by atoms with Crippen molar-refractivity contribution in [3.05, 3.63) is 34.9 Å².